The number of ether oxygens (including phenoxy) is 2. The lowest BCUT2D eigenvalue weighted by Gasteiger charge is -2.36. The molecule has 2 heterocycles. The Morgan fingerprint density at radius 1 is 1.07 bits per heavy atom. The van der Waals surface area contributed by atoms with Crippen molar-refractivity contribution in [2.24, 2.45) is 11.8 Å². The maximum absolute atomic E-state index is 13.3. The minimum Gasteiger partial charge on any atom is -0.466 e. The van der Waals surface area contributed by atoms with Crippen molar-refractivity contribution in [3.05, 3.63) is 30.3 Å². The zero-order chi connectivity index (χ0) is 20.5. The average Bonchev–Trinajstić information content (AvgIpc) is 3.09. The highest BCUT2D eigenvalue weighted by atomic mass is 16.5. The molecule has 1 aromatic rings. The maximum Gasteiger partial charge on any atom is 0.328 e. The molecule has 0 aromatic heterocycles. The van der Waals surface area contributed by atoms with E-state index in [1.54, 1.807) is 56.1 Å². The van der Waals surface area contributed by atoms with E-state index in [1.165, 1.54) is 0 Å². The van der Waals surface area contributed by atoms with Crippen LogP contribution in [0.2, 0.25) is 0 Å². The summed E-state index contributed by atoms with van der Waals surface area (Å²) >= 11 is 0. The summed E-state index contributed by atoms with van der Waals surface area (Å²) in [6, 6.07) is 8.57. The van der Waals surface area contributed by atoms with Crippen molar-refractivity contribution in [2.45, 2.75) is 25.8 Å². The summed E-state index contributed by atoms with van der Waals surface area (Å²) in [7, 11) is 1.63. The van der Waals surface area contributed by atoms with E-state index in [-0.39, 0.29) is 32.1 Å². The van der Waals surface area contributed by atoms with E-state index in [0.29, 0.717) is 5.69 Å². The molecule has 0 unspecified atom stereocenters. The van der Waals surface area contributed by atoms with Crippen molar-refractivity contribution >= 4 is 29.4 Å². The number of carbonyl (C=O) groups is 4. The predicted octanol–water partition coefficient (Wildman–Crippen LogP) is 0.993. The molecule has 2 saturated heterocycles. The van der Waals surface area contributed by atoms with Gasteiger partial charge in [0.1, 0.15) is 5.54 Å². The molecule has 0 bridgehead atoms. The fraction of sp³-hybridized carbons (Fsp3) is 0.500. The molecule has 8 heteroatoms. The number of imide groups is 1. The first-order valence-electron chi connectivity index (χ1n) is 9.35. The molecule has 150 valence electrons. The minimum atomic E-state index is -1.57. The molecule has 3 atom stereocenters. The topological polar surface area (TPSA) is 93.2 Å². The Labute approximate surface area is 163 Å². The molecule has 0 aliphatic carbocycles. The molecule has 0 N–H and O–H groups in total. The van der Waals surface area contributed by atoms with Crippen LogP contribution in [0.1, 0.15) is 20.3 Å². The molecular weight excluding hydrogens is 364 g/mol. The number of para-hydroxylation sites is 1. The molecule has 3 rings (SSSR count). The molecule has 2 fully saturated rings. The second-order valence-electron chi connectivity index (χ2n) is 6.94. The van der Waals surface area contributed by atoms with Crippen LogP contribution in [0, 0.1) is 11.8 Å². The van der Waals surface area contributed by atoms with Gasteiger partial charge in [-0.15, -0.1) is 0 Å². The third-order valence-corrected chi connectivity index (χ3v) is 5.46. The Balaban J connectivity index is 2.05. The fourth-order valence-electron chi connectivity index (χ4n) is 4.26. The number of esters is 2. The zero-order valence-corrected chi connectivity index (χ0v) is 16.2. The molecule has 0 radical (unpaired) electrons. The standard InChI is InChI=1S/C20H24N2O6/c1-4-27-15(23)11-20(19(26)28-5-2)16-14(12-21(20)3)17(24)22(18(16)25)13-9-7-6-8-10-13/h6-10,14,16H,4-5,11-12H2,1-3H3/t14-,16+,20-/m1/s1. The number of rotatable bonds is 6. The second-order valence-corrected chi connectivity index (χ2v) is 6.94. The Bertz CT molecular complexity index is 795. The molecule has 28 heavy (non-hydrogen) atoms. The van der Waals surface area contributed by atoms with E-state index >= 15 is 0 Å². The number of hydrogen-bond acceptors (Lipinski definition) is 7. The number of carbonyl (C=O) groups excluding carboxylic acids is 4. The first-order valence-corrected chi connectivity index (χ1v) is 9.35. The molecule has 0 saturated carbocycles. The summed E-state index contributed by atoms with van der Waals surface area (Å²) in [6.07, 6.45) is -0.348. The molecule has 2 amide bonds. The highest BCUT2D eigenvalue weighted by molar-refractivity contribution is 6.24. The van der Waals surface area contributed by atoms with Gasteiger partial charge >= 0.3 is 11.9 Å². The third-order valence-electron chi connectivity index (χ3n) is 5.46. The number of anilines is 1. The van der Waals surface area contributed by atoms with Gasteiger partial charge in [-0.05, 0) is 33.0 Å². The Morgan fingerprint density at radius 2 is 1.71 bits per heavy atom. The van der Waals surface area contributed by atoms with Gasteiger partial charge in [0, 0.05) is 6.54 Å². The summed E-state index contributed by atoms with van der Waals surface area (Å²) in [6.45, 7) is 3.74. The van der Waals surface area contributed by atoms with Crippen LogP contribution in [-0.2, 0) is 28.7 Å². The van der Waals surface area contributed by atoms with Crippen LogP contribution in [-0.4, -0.2) is 61.0 Å². The summed E-state index contributed by atoms with van der Waals surface area (Å²) in [5.74, 6) is -3.90. The van der Waals surface area contributed by atoms with Gasteiger partial charge in [-0.25, -0.2) is 9.69 Å². The molecule has 8 nitrogen and oxygen atoms in total. The first kappa shape index (κ1) is 20.0. The Kier molecular flexibility index (Phi) is 5.51. The first-order chi connectivity index (χ1) is 13.4. The predicted molar refractivity (Wildman–Crippen MR) is 99.2 cm³/mol. The van der Waals surface area contributed by atoms with Gasteiger partial charge < -0.3 is 9.47 Å². The number of likely N-dealkylation sites (N-methyl/N-ethyl adjacent to an activating group) is 1. The lowest BCUT2D eigenvalue weighted by molar-refractivity contribution is -0.166. The van der Waals surface area contributed by atoms with E-state index in [0.717, 1.165) is 4.90 Å². The summed E-state index contributed by atoms with van der Waals surface area (Å²) < 4.78 is 10.3. The monoisotopic (exact) mass is 388 g/mol. The summed E-state index contributed by atoms with van der Waals surface area (Å²) in [5, 5.41) is 0. The van der Waals surface area contributed by atoms with Crippen LogP contribution in [0.15, 0.2) is 30.3 Å². The largest absolute Gasteiger partial charge is 0.466 e. The van der Waals surface area contributed by atoms with Crippen LogP contribution in [0.3, 0.4) is 0 Å². The summed E-state index contributed by atoms with van der Waals surface area (Å²) in [5.41, 5.74) is -1.12. The molecule has 2 aliphatic heterocycles. The van der Waals surface area contributed by atoms with Crippen molar-refractivity contribution in [3.8, 4) is 0 Å². The second kappa shape index (κ2) is 7.71. The highest BCUT2D eigenvalue weighted by Gasteiger charge is 2.68. The van der Waals surface area contributed by atoms with E-state index in [1.807, 2.05) is 0 Å². The number of benzene rings is 1. The lowest BCUT2D eigenvalue weighted by atomic mass is 9.78. The van der Waals surface area contributed by atoms with Gasteiger partial charge in [-0.1, -0.05) is 18.2 Å². The van der Waals surface area contributed by atoms with Gasteiger partial charge in [0.2, 0.25) is 11.8 Å². The lowest BCUT2D eigenvalue weighted by Crippen LogP contribution is -2.58. The van der Waals surface area contributed by atoms with E-state index in [2.05, 4.69) is 0 Å². The molecular formula is C20H24N2O6. The van der Waals surface area contributed by atoms with Crippen molar-refractivity contribution < 1.29 is 28.7 Å². The highest BCUT2D eigenvalue weighted by Crippen LogP contribution is 2.48. The number of amides is 2. The van der Waals surface area contributed by atoms with Gasteiger partial charge in [-0.3, -0.25) is 19.3 Å². The van der Waals surface area contributed by atoms with Crippen LogP contribution in [0.4, 0.5) is 5.69 Å². The van der Waals surface area contributed by atoms with Crippen LogP contribution < -0.4 is 4.90 Å². The normalized spacial score (nSPS) is 27.0. The minimum absolute atomic E-state index is 0.0964. The van der Waals surface area contributed by atoms with E-state index in [9.17, 15) is 19.2 Å². The fourth-order valence-corrected chi connectivity index (χ4v) is 4.26. The molecule has 2 aliphatic rings. The van der Waals surface area contributed by atoms with Crippen LogP contribution in [0.25, 0.3) is 0 Å². The van der Waals surface area contributed by atoms with Gasteiger partial charge in [-0.2, -0.15) is 0 Å². The summed E-state index contributed by atoms with van der Waals surface area (Å²) in [4.78, 5) is 54.4. The van der Waals surface area contributed by atoms with Crippen molar-refractivity contribution in [1.82, 2.24) is 4.90 Å². The van der Waals surface area contributed by atoms with Crippen molar-refractivity contribution in [3.63, 3.8) is 0 Å². The number of hydrogen-bond donors (Lipinski definition) is 0. The number of fused-ring (bicyclic) bond motifs is 1. The van der Waals surface area contributed by atoms with E-state index in [4.69, 9.17) is 9.47 Å². The van der Waals surface area contributed by atoms with Crippen LogP contribution in [0.5, 0.6) is 0 Å². The quantitative estimate of drug-likeness (QED) is 0.530. The van der Waals surface area contributed by atoms with Crippen LogP contribution >= 0.6 is 0 Å². The van der Waals surface area contributed by atoms with Crippen molar-refractivity contribution in [2.75, 3.05) is 31.7 Å². The van der Waals surface area contributed by atoms with E-state index < -0.39 is 35.2 Å². The SMILES string of the molecule is CCOC(=O)C[C@]1(C(=O)OCC)[C@@H]2C(=O)N(c3ccccc3)C(=O)[C@@H]2CN1C. The van der Waals surface area contributed by atoms with Gasteiger partial charge in [0.15, 0.2) is 0 Å². The van der Waals surface area contributed by atoms with Gasteiger partial charge in [0.25, 0.3) is 0 Å². The number of nitrogens with zero attached hydrogens (tertiary/aromatic N) is 2. The average molecular weight is 388 g/mol. The number of likely N-dealkylation sites (tertiary alicyclic amines) is 1. The smallest absolute Gasteiger partial charge is 0.328 e. The zero-order valence-electron chi connectivity index (χ0n) is 16.2. The molecule has 0 spiro atoms. The third kappa shape index (κ3) is 2.97. The molecule has 1 aromatic carbocycles. The Hall–Kier alpha value is -2.74. The van der Waals surface area contributed by atoms with Gasteiger partial charge in [0.05, 0.1) is 37.2 Å². The van der Waals surface area contributed by atoms with Crippen molar-refractivity contribution in [1.29, 1.82) is 0 Å². The maximum atomic E-state index is 13.3. The Morgan fingerprint density at radius 3 is 2.32 bits per heavy atom.